The number of fused-ring (bicyclic) bond motifs is 1. The Morgan fingerprint density at radius 2 is 2.00 bits per heavy atom. The number of para-hydroxylation sites is 2. The Balaban J connectivity index is 1.72. The summed E-state index contributed by atoms with van der Waals surface area (Å²) in [6, 6.07) is 8.36. The molecule has 2 N–H and O–H groups in total. The molecule has 0 aliphatic rings. The molecule has 27 heavy (non-hydrogen) atoms. The van der Waals surface area contributed by atoms with Crippen molar-refractivity contribution in [2.24, 2.45) is 0 Å². The number of benzene rings is 1. The maximum atomic E-state index is 12.8. The summed E-state index contributed by atoms with van der Waals surface area (Å²) in [4.78, 5) is 28.5. The minimum absolute atomic E-state index is 0.0222. The zero-order valence-corrected chi connectivity index (χ0v) is 15.3. The monoisotopic (exact) mass is 394 g/mol. The van der Waals surface area contributed by atoms with Crippen LogP contribution in [0, 0.1) is 13.8 Å². The topological polar surface area (TPSA) is 89.2 Å². The number of carbonyl (C=O) groups excluding carboxylic acids is 2. The number of hydrazine groups is 1. The molecular formula is C17H16F2N4O3S. The number of aromatic nitrogens is 2. The molecule has 0 fully saturated rings. The number of furan rings is 1. The summed E-state index contributed by atoms with van der Waals surface area (Å²) in [7, 11) is 0. The maximum absolute atomic E-state index is 12.8. The average molecular weight is 394 g/mol. The molecule has 0 saturated heterocycles. The van der Waals surface area contributed by atoms with Crippen molar-refractivity contribution < 1.29 is 22.8 Å². The molecule has 10 heteroatoms. The molecule has 3 rings (SSSR count). The smallest absolute Gasteiger partial charge is 0.291 e. The second-order valence-electron chi connectivity index (χ2n) is 5.68. The van der Waals surface area contributed by atoms with Gasteiger partial charge in [-0.25, -0.2) is 4.98 Å². The van der Waals surface area contributed by atoms with Crippen molar-refractivity contribution in [2.45, 2.75) is 31.3 Å². The van der Waals surface area contributed by atoms with Gasteiger partial charge in [0.1, 0.15) is 18.1 Å². The third-order valence-electron chi connectivity index (χ3n) is 3.72. The van der Waals surface area contributed by atoms with Gasteiger partial charge in [0.2, 0.25) is 0 Å². The molecule has 0 saturated carbocycles. The van der Waals surface area contributed by atoms with Crippen molar-refractivity contribution in [3.05, 3.63) is 47.4 Å². The molecule has 142 valence electrons. The first kappa shape index (κ1) is 18.9. The molecule has 0 aliphatic heterocycles. The lowest BCUT2D eigenvalue weighted by atomic mass is 10.2. The van der Waals surface area contributed by atoms with Gasteiger partial charge in [0, 0.05) is 0 Å². The number of alkyl halides is 2. The fraction of sp³-hybridized carbons (Fsp3) is 0.235. The van der Waals surface area contributed by atoms with E-state index in [2.05, 4.69) is 15.8 Å². The lowest BCUT2D eigenvalue weighted by molar-refractivity contribution is -0.122. The van der Waals surface area contributed by atoms with E-state index in [1.807, 2.05) is 0 Å². The number of rotatable bonds is 5. The van der Waals surface area contributed by atoms with Gasteiger partial charge in [-0.1, -0.05) is 12.1 Å². The Hall–Kier alpha value is -2.88. The normalized spacial score (nSPS) is 11.1. The van der Waals surface area contributed by atoms with E-state index in [0.717, 1.165) is 0 Å². The van der Waals surface area contributed by atoms with Gasteiger partial charge in [-0.3, -0.25) is 20.4 Å². The van der Waals surface area contributed by atoms with E-state index in [0.29, 0.717) is 28.1 Å². The lowest BCUT2D eigenvalue weighted by Crippen LogP contribution is -2.43. The number of hydrogen-bond donors (Lipinski definition) is 2. The highest BCUT2D eigenvalue weighted by Gasteiger charge is 2.19. The molecule has 0 atom stereocenters. The Bertz CT molecular complexity index is 999. The molecule has 0 radical (unpaired) electrons. The van der Waals surface area contributed by atoms with Crippen molar-refractivity contribution in [1.82, 2.24) is 20.4 Å². The first-order valence-electron chi connectivity index (χ1n) is 7.91. The van der Waals surface area contributed by atoms with Gasteiger partial charge < -0.3 is 8.98 Å². The van der Waals surface area contributed by atoms with Gasteiger partial charge in [-0.15, -0.1) is 0 Å². The minimum Gasteiger partial charge on any atom is -0.466 e. The number of halogens is 2. The number of nitrogens with one attached hydrogen (secondary N) is 2. The zero-order chi connectivity index (χ0) is 19.6. The highest BCUT2D eigenvalue weighted by Crippen LogP contribution is 2.28. The number of amides is 2. The van der Waals surface area contributed by atoms with Gasteiger partial charge in [0.15, 0.2) is 5.16 Å². The van der Waals surface area contributed by atoms with Crippen LogP contribution in [0.2, 0.25) is 0 Å². The molecule has 0 unspecified atom stereocenters. The summed E-state index contributed by atoms with van der Waals surface area (Å²) in [5, 5.41) is 0.0222. The van der Waals surface area contributed by atoms with Gasteiger partial charge in [0.05, 0.1) is 16.6 Å². The molecule has 3 aromatic rings. The van der Waals surface area contributed by atoms with E-state index >= 15 is 0 Å². The average Bonchev–Trinajstić information content (AvgIpc) is 3.12. The Morgan fingerprint density at radius 3 is 2.67 bits per heavy atom. The van der Waals surface area contributed by atoms with Crippen LogP contribution in [0.1, 0.15) is 21.9 Å². The lowest BCUT2D eigenvalue weighted by Gasteiger charge is -2.10. The predicted octanol–water partition coefficient (Wildman–Crippen LogP) is 3.02. The standard InChI is InChI=1S/C17H16F2N4O3S/c1-9-7-11(10(2)26-9)15(25)22-21-14(24)8-23-13-6-4-3-5-12(13)20-17(23)27-16(18)19/h3-7,16H,8H2,1-2H3,(H,21,24)(H,22,25). The van der Waals surface area contributed by atoms with Crippen molar-refractivity contribution in [3.8, 4) is 0 Å². The number of carbonyl (C=O) groups is 2. The molecule has 0 spiro atoms. The molecule has 2 heterocycles. The molecule has 2 amide bonds. The molecule has 0 bridgehead atoms. The van der Waals surface area contributed by atoms with E-state index in [9.17, 15) is 18.4 Å². The van der Waals surface area contributed by atoms with Crippen molar-refractivity contribution in [2.75, 3.05) is 0 Å². The van der Waals surface area contributed by atoms with Crippen LogP contribution >= 0.6 is 11.8 Å². The van der Waals surface area contributed by atoms with Crippen molar-refractivity contribution >= 4 is 34.6 Å². The van der Waals surface area contributed by atoms with Crippen molar-refractivity contribution in [3.63, 3.8) is 0 Å². The summed E-state index contributed by atoms with van der Waals surface area (Å²) in [6.45, 7) is 3.06. The molecule has 1 aromatic carbocycles. The number of imidazole rings is 1. The van der Waals surface area contributed by atoms with Gasteiger partial charge >= 0.3 is 0 Å². The van der Waals surface area contributed by atoms with Crippen LogP contribution in [0.5, 0.6) is 0 Å². The second-order valence-corrected chi connectivity index (χ2v) is 6.63. The number of aryl methyl sites for hydroxylation is 2. The fourth-order valence-electron chi connectivity index (χ4n) is 2.61. The Morgan fingerprint density at radius 1 is 1.26 bits per heavy atom. The van der Waals surface area contributed by atoms with E-state index in [-0.39, 0.29) is 23.5 Å². The van der Waals surface area contributed by atoms with Crippen LogP contribution in [-0.4, -0.2) is 27.1 Å². The highest BCUT2D eigenvalue weighted by molar-refractivity contribution is 7.99. The van der Waals surface area contributed by atoms with E-state index in [1.54, 1.807) is 44.2 Å². The fourth-order valence-corrected chi connectivity index (χ4v) is 3.21. The van der Waals surface area contributed by atoms with E-state index in [1.165, 1.54) is 4.57 Å². The highest BCUT2D eigenvalue weighted by atomic mass is 32.2. The van der Waals surface area contributed by atoms with Crippen LogP contribution in [-0.2, 0) is 11.3 Å². The van der Waals surface area contributed by atoms with Crippen LogP contribution < -0.4 is 10.9 Å². The number of thioether (sulfide) groups is 1. The Labute approximate surface area is 157 Å². The summed E-state index contributed by atoms with van der Waals surface area (Å²) in [6.07, 6.45) is 0. The summed E-state index contributed by atoms with van der Waals surface area (Å²) in [5.41, 5.74) is 5.91. The Kier molecular flexibility index (Phi) is 5.45. The summed E-state index contributed by atoms with van der Waals surface area (Å²) < 4.78 is 32.2. The molecule has 7 nitrogen and oxygen atoms in total. The van der Waals surface area contributed by atoms with Crippen LogP contribution in [0.25, 0.3) is 11.0 Å². The molecule has 0 aliphatic carbocycles. The molecular weight excluding hydrogens is 378 g/mol. The summed E-state index contributed by atoms with van der Waals surface area (Å²) >= 11 is 0.258. The van der Waals surface area contributed by atoms with Crippen LogP contribution in [0.15, 0.2) is 39.9 Å². The second kappa shape index (κ2) is 7.78. The van der Waals surface area contributed by atoms with E-state index < -0.39 is 17.6 Å². The van der Waals surface area contributed by atoms with Crippen LogP contribution in [0.4, 0.5) is 8.78 Å². The van der Waals surface area contributed by atoms with E-state index in [4.69, 9.17) is 4.42 Å². The quantitative estimate of drug-likeness (QED) is 0.513. The largest absolute Gasteiger partial charge is 0.466 e. The minimum atomic E-state index is -2.67. The third-order valence-corrected chi connectivity index (χ3v) is 4.42. The van der Waals surface area contributed by atoms with Crippen molar-refractivity contribution in [1.29, 1.82) is 0 Å². The maximum Gasteiger partial charge on any atom is 0.291 e. The SMILES string of the molecule is Cc1cc(C(=O)NNC(=O)Cn2c(SC(F)F)nc3ccccc32)c(C)o1. The number of nitrogens with zero attached hydrogens (tertiary/aromatic N) is 2. The predicted molar refractivity (Wildman–Crippen MR) is 95.4 cm³/mol. The number of hydrogen-bond acceptors (Lipinski definition) is 5. The summed E-state index contributed by atoms with van der Waals surface area (Å²) in [5.74, 6) is -2.79. The van der Waals surface area contributed by atoms with Gasteiger partial charge in [-0.05, 0) is 43.8 Å². The third kappa shape index (κ3) is 4.27. The van der Waals surface area contributed by atoms with Gasteiger partial charge in [0.25, 0.3) is 17.6 Å². The zero-order valence-electron chi connectivity index (χ0n) is 14.5. The van der Waals surface area contributed by atoms with Gasteiger partial charge in [-0.2, -0.15) is 8.78 Å². The van der Waals surface area contributed by atoms with Crippen LogP contribution in [0.3, 0.4) is 0 Å². The first-order valence-corrected chi connectivity index (χ1v) is 8.79. The molecule has 2 aromatic heterocycles. The first-order chi connectivity index (χ1) is 12.8.